The highest BCUT2D eigenvalue weighted by Gasteiger charge is 2.23. The molecule has 0 N–H and O–H groups in total. The van der Waals surface area contributed by atoms with Crippen molar-refractivity contribution in [2.24, 2.45) is 0 Å². The van der Waals surface area contributed by atoms with Gasteiger partial charge in [-0.2, -0.15) is 0 Å². The summed E-state index contributed by atoms with van der Waals surface area (Å²) in [6.07, 6.45) is 2.03. The van der Waals surface area contributed by atoms with Gasteiger partial charge in [-0.15, -0.1) is 19.2 Å². The molecule has 0 radical (unpaired) electrons. The van der Waals surface area contributed by atoms with Crippen LogP contribution in [0.4, 0.5) is 0 Å². The molecule has 4 nitrogen and oxygen atoms in total. The molecule has 0 aromatic heterocycles. The molecule has 1 amide bonds. The minimum absolute atomic E-state index is 0.210. The van der Waals surface area contributed by atoms with Crippen molar-refractivity contribution in [2.75, 3.05) is 21.2 Å². The van der Waals surface area contributed by atoms with E-state index in [2.05, 4.69) is 19.2 Å². The SMILES string of the molecule is C=CCc1c(S)c(C(=O)OC)cc(C(=O)N(C)C)c1Cl. The Labute approximate surface area is 128 Å². The molecule has 0 aliphatic rings. The van der Waals surface area contributed by atoms with E-state index in [0.29, 0.717) is 16.9 Å². The van der Waals surface area contributed by atoms with Crippen LogP contribution in [0.15, 0.2) is 23.6 Å². The smallest absolute Gasteiger partial charge is 0.339 e. The fourth-order valence-corrected chi connectivity index (χ4v) is 2.43. The summed E-state index contributed by atoms with van der Waals surface area (Å²) in [4.78, 5) is 25.7. The Balaban J connectivity index is 3.60. The van der Waals surface area contributed by atoms with Gasteiger partial charge in [-0.05, 0) is 18.1 Å². The van der Waals surface area contributed by atoms with E-state index in [1.54, 1.807) is 20.2 Å². The fourth-order valence-electron chi connectivity index (χ4n) is 1.70. The van der Waals surface area contributed by atoms with Gasteiger partial charge in [0, 0.05) is 19.0 Å². The van der Waals surface area contributed by atoms with Crippen LogP contribution in [-0.4, -0.2) is 38.0 Å². The number of ether oxygens (including phenoxy) is 1. The number of carbonyl (C=O) groups is 2. The van der Waals surface area contributed by atoms with Crippen LogP contribution in [0.2, 0.25) is 5.02 Å². The lowest BCUT2D eigenvalue weighted by atomic mass is 10.0. The van der Waals surface area contributed by atoms with Crippen molar-refractivity contribution >= 4 is 36.1 Å². The monoisotopic (exact) mass is 313 g/mol. The van der Waals surface area contributed by atoms with Gasteiger partial charge in [-0.1, -0.05) is 17.7 Å². The molecule has 0 heterocycles. The van der Waals surface area contributed by atoms with E-state index < -0.39 is 5.97 Å². The number of halogens is 1. The number of allylic oxidation sites excluding steroid dienone is 1. The first-order valence-corrected chi connectivity index (χ1v) is 6.62. The Morgan fingerprint density at radius 3 is 2.50 bits per heavy atom. The maximum atomic E-state index is 12.1. The number of amides is 1. The van der Waals surface area contributed by atoms with Crippen LogP contribution in [0.5, 0.6) is 0 Å². The first-order valence-electron chi connectivity index (χ1n) is 5.80. The van der Waals surface area contributed by atoms with E-state index in [1.807, 2.05) is 0 Å². The third-order valence-electron chi connectivity index (χ3n) is 2.72. The summed E-state index contributed by atoms with van der Waals surface area (Å²) in [6.45, 7) is 3.64. The van der Waals surface area contributed by atoms with Crippen molar-refractivity contribution in [1.29, 1.82) is 0 Å². The van der Waals surface area contributed by atoms with Gasteiger partial charge in [0.05, 0.1) is 23.3 Å². The highest BCUT2D eigenvalue weighted by molar-refractivity contribution is 7.80. The van der Waals surface area contributed by atoms with Gasteiger partial charge in [-0.25, -0.2) is 4.79 Å². The molecule has 0 fully saturated rings. The summed E-state index contributed by atoms with van der Waals surface area (Å²) in [5, 5.41) is 0.279. The Bertz CT molecular complexity index is 570. The van der Waals surface area contributed by atoms with Gasteiger partial charge < -0.3 is 9.64 Å². The summed E-state index contributed by atoms with van der Waals surface area (Å²) in [5.41, 5.74) is 1.03. The second kappa shape index (κ2) is 6.81. The Morgan fingerprint density at radius 2 is 2.05 bits per heavy atom. The summed E-state index contributed by atoms with van der Waals surface area (Å²) >= 11 is 10.6. The molecule has 0 aliphatic heterocycles. The molecule has 20 heavy (non-hydrogen) atoms. The van der Waals surface area contributed by atoms with Crippen LogP contribution in [-0.2, 0) is 11.2 Å². The predicted octanol–water partition coefficient (Wildman–Crippen LogP) is 2.85. The number of esters is 1. The van der Waals surface area contributed by atoms with Crippen LogP contribution in [0, 0.1) is 0 Å². The molecule has 1 rings (SSSR count). The maximum absolute atomic E-state index is 12.1. The van der Waals surface area contributed by atoms with Crippen LogP contribution < -0.4 is 0 Å². The maximum Gasteiger partial charge on any atom is 0.339 e. The molecule has 0 spiro atoms. The van der Waals surface area contributed by atoms with E-state index in [-0.39, 0.29) is 22.1 Å². The largest absolute Gasteiger partial charge is 0.465 e. The molecule has 0 bridgehead atoms. The lowest BCUT2D eigenvalue weighted by molar-refractivity contribution is 0.0596. The first-order chi connectivity index (χ1) is 9.34. The molecule has 6 heteroatoms. The van der Waals surface area contributed by atoms with Gasteiger partial charge in [0.15, 0.2) is 0 Å². The normalized spacial score (nSPS) is 10.1. The van der Waals surface area contributed by atoms with Gasteiger partial charge in [-0.3, -0.25) is 4.79 Å². The van der Waals surface area contributed by atoms with Crippen molar-refractivity contribution in [2.45, 2.75) is 11.3 Å². The minimum atomic E-state index is -0.565. The van der Waals surface area contributed by atoms with E-state index in [4.69, 9.17) is 16.3 Å². The number of methoxy groups -OCH3 is 1. The van der Waals surface area contributed by atoms with Crippen molar-refractivity contribution < 1.29 is 14.3 Å². The summed E-state index contributed by atoms with van der Waals surface area (Å²) in [7, 11) is 4.49. The zero-order valence-electron chi connectivity index (χ0n) is 11.6. The van der Waals surface area contributed by atoms with E-state index in [0.717, 1.165) is 0 Å². The van der Waals surface area contributed by atoms with Gasteiger partial charge in [0.25, 0.3) is 5.91 Å². The average Bonchev–Trinajstić information content (AvgIpc) is 2.42. The fraction of sp³-hybridized carbons (Fsp3) is 0.286. The third kappa shape index (κ3) is 3.16. The van der Waals surface area contributed by atoms with Gasteiger partial charge in [0.2, 0.25) is 0 Å². The van der Waals surface area contributed by atoms with Crippen molar-refractivity contribution in [3.8, 4) is 0 Å². The summed E-state index contributed by atoms with van der Waals surface area (Å²) < 4.78 is 4.70. The van der Waals surface area contributed by atoms with Gasteiger partial charge in [0.1, 0.15) is 0 Å². The van der Waals surface area contributed by atoms with Crippen molar-refractivity contribution in [1.82, 2.24) is 4.90 Å². The quantitative estimate of drug-likeness (QED) is 0.528. The molecule has 108 valence electrons. The second-order valence-electron chi connectivity index (χ2n) is 4.30. The molecular weight excluding hydrogens is 298 g/mol. The predicted molar refractivity (Wildman–Crippen MR) is 82.0 cm³/mol. The van der Waals surface area contributed by atoms with E-state index in [1.165, 1.54) is 18.1 Å². The summed E-state index contributed by atoms with van der Waals surface area (Å²) in [6, 6.07) is 1.41. The first kappa shape index (κ1) is 16.6. The number of nitrogens with zero attached hydrogens (tertiary/aromatic N) is 1. The lowest BCUT2D eigenvalue weighted by Gasteiger charge is -2.17. The van der Waals surface area contributed by atoms with Crippen LogP contribution in [0.25, 0.3) is 0 Å². The van der Waals surface area contributed by atoms with E-state index >= 15 is 0 Å². The van der Waals surface area contributed by atoms with Crippen molar-refractivity contribution in [3.63, 3.8) is 0 Å². The number of rotatable bonds is 4. The Morgan fingerprint density at radius 1 is 1.45 bits per heavy atom. The molecule has 1 aromatic rings. The second-order valence-corrected chi connectivity index (χ2v) is 5.12. The molecule has 0 aliphatic carbocycles. The number of hydrogen-bond acceptors (Lipinski definition) is 4. The van der Waals surface area contributed by atoms with Crippen molar-refractivity contribution in [3.05, 3.63) is 40.4 Å². The topological polar surface area (TPSA) is 46.6 Å². The Hall–Kier alpha value is -1.46. The minimum Gasteiger partial charge on any atom is -0.465 e. The zero-order chi connectivity index (χ0) is 15.4. The summed E-state index contributed by atoms with van der Waals surface area (Å²) in [5.74, 6) is -0.858. The molecule has 1 aromatic carbocycles. The lowest BCUT2D eigenvalue weighted by Crippen LogP contribution is -2.23. The van der Waals surface area contributed by atoms with E-state index in [9.17, 15) is 9.59 Å². The average molecular weight is 314 g/mol. The molecule has 0 saturated carbocycles. The molecular formula is C14H16ClNO3S. The number of thiol groups is 1. The highest BCUT2D eigenvalue weighted by Crippen LogP contribution is 2.32. The molecule has 0 unspecified atom stereocenters. The molecule has 0 atom stereocenters. The Kier molecular flexibility index (Phi) is 5.65. The third-order valence-corrected chi connectivity index (χ3v) is 3.66. The molecule has 0 saturated heterocycles. The highest BCUT2D eigenvalue weighted by atomic mass is 35.5. The standard InChI is InChI=1S/C14H16ClNO3S/c1-5-6-8-11(15)9(13(17)16(2)3)7-10(12(8)20)14(18)19-4/h5,7,20H,1,6H2,2-4H3. The van der Waals surface area contributed by atoms with Gasteiger partial charge >= 0.3 is 5.97 Å². The van der Waals surface area contributed by atoms with Crippen LogP contribution in [0.1, 0.15) is 26.3 Å². The number of carbonyl (C=O) groups excluding carboxylic acids is 2. The van der Waals surface area contributed by atoms with Crippen LogP contribution >= 0.6 is 24.2 Å². The van der Waals surface area contributed by atoms with Crippen LogP contribution in [0.3, 0.4) is 0 Å². The number of benzene rings is 1. The zero-order valence-corrected chi connectivity index (χ0v) is 13.2. The number of hydrogen-bond donors (Lipinski definition) is 1.